The first-order valence-corrected chi connectivity index (χ1v) is 8.14. The molecule has 0 saturated heterocycles. The molecule has 1 aromatic carbocycles. The summed E-state index contributed by atoms with van der Waals surface area (Å²) in [6.45, 7) is 0. The van der Waals surface area contributed by atoms with Crippen molar-refractivity contribution in [3.8, 4) is 11.8 Å². The van der Waals surface area contributed by atoms with Gasteiger partial charge in [0.05, 0.1) is 17.3 Å². The van der Waals surface area contributed by atoms with Gasteiger partial charge in [0.15, 0.2) is 5.78 Å². The van der Waals surface area contributed by atoms with Crippen molar-refractivity contribution in [1.82, 2.24) is 9.78 Å². The minimum atomic E-state index is -0.552. The van der Waals surface area contributed by atoms with Crippen molar-refractivity contribution in [3.63, 3.8) is 0 Å². The molecule has 4 rings (SSSR count). The summed E-state index contributed by atoms with van der Waals surface area (Å²) >= 11 is 0. The zero-order chi connectivity index (χ0) is 17.4. The maximum absolute atomic E-state index is 12.6. The first-order valence-electron chi connectivity index (χ1n) is 8.14. The zero-order valence-corrected chi connectivity index (χ0v) is 13.5. The number of para-hydroxylation sites is 1. The lowest BCUT2D eigenvalue weighted by atomic mass is 9.79. The molecule has 2 aromatic rings. The van der Waals surface area contributed by atoms with Crippen LogP contribution in [-0.4, -0.2) is 15.6 Å². The molecule has 0 amide bonds. The third-order valence-electron chi connectivity index (χ3n) is 4.57. The molecule has 2 heterocycles. The lowest BCUT2D eigenvalue weighted by molar-refractivity contribution is -0.116. The van der Waals surface area contributed by atoms with Gasteiger partial charge in [-0.25, -0.2) is 4.68 Å². The molecule has 2 aliphatic rings. The highest BCUT2D eigenvalue weighted by molar-refractivity contribution is 5.99. The Balaban J connectivity index is 1.92. The number of ketones is 1. The van der Waals surface area contributed by atoms with Crippen molar-refractivity contribution in [3.05, 3.63) is 71.1 Å². The molecule has 0 spiro atoms. The van der Waals surface area contributed by atoms with Crippen molar-refractivity contribution < 1.29 is 9.53 Å². The quantitative estimate of drug-likeness (QED) is 0.912. The van der Waals surface area contributed by atoms with E-state index in [9.17, 15) is 10.1 Å². The lowest BCUT2D eigenvalue weighted by Crippen LogP contribution is -2.28. The molecule has 25 heavy (non-hydrogen) atoms. The van der Waals surface area contributed by atoms with E-state index in [1.165, 1.54) is 0 Å². The highest BCUT2D eigenvalue weighted by Gasteiger charge is 2.39. The predicted octanol–water partition coefficient (Wildman–Crippen LogP) is 2.69. The van der Waals surface area contributed by atoms with E-state index in [1.54, 1.807) is 10.9 Å². The number of carbonyl (C=O) groups is 1. The van der Waals surface area contributed by atoms with Crippen LogP contribution in [0.15, 0.2) is 65.4 Å². The Hall–Kier alpha value is -3.33. The summed E-state index contributed by atoms with van der Waals surface area (Å²) in [4.78, 5) is 12.6. The molecule has 124 valence electrons. The van der Waals surface area contributed by atoms with E-state index in [0.717, 1.165) is 17.8 Å². The number of nitriles is 1. The Labute approximate surface area is 144 Å². The van der Waals surface area contributed by atoms with Crippen molar-refractivity contribution in [2.45, 2.75) is 25.2 Å². The minimum absolute atomic E-state index is 0.00677. The van der Waals surface area contributed by atoms with E-state index in [2.05, 4.69) is 11.2 Å². The Bertz CT molecular complexity index is 947. The Morgan fingerprint density at radius 1 is 1.24 bits per heavy atom. The van der Waals surface area contributed by atoms with Gasteiger partial charge in [0.25, 0.3) is 0 Å². The van der Waals surface area contributed by atoms with Gasteiger partial charge in [-0.1, -0.05) is 18.2 Å². The predicted molar refractivity (Wildman–Crippen MR) is 90.1 cm³/mol. The second-order valence-corrected chi connectivity index (χ2v) is 6.04. The van der Waals surface area contributed by atoms with E-state index < -0.39 is 5.92 Å². The Morgan fingerprint density at radius 2 is 2.04 bits per heavy atom. The van der Waals surface area contributed by atoms with Crippen LogP contribution < -0.4 is 5.73 Å². The molecular formula is C19H16N4O2. The first-order chi connectivity index (χ1) is 12.2. The fraction of sp³-hybridized carbons (Fsp3) is 0.211. The molecule has 1 aromatic heterocycles. The van der Waals surface area contributed by atoms with Crippen molar-refractivity contribution in [1.29, 1.82) is 5.26 Å². The molecule has 0 bridgehead atoms. The molecule has 0 radical (unpaired) electrons. The van der Waals surface area contributed by atoms with Crippen LogP contribution in [0.25, 0.3) is 5.69 Å². The summed E-state index contributed by atoms with van der Waals surface area (Å²) in [5.41, 5.74) is 8.37. The molecule has 1 aliphatic heterocycles. The minimum Gasteiger partial charge on any atom is -0.444 e. The van der Waals surface area contributed by atoms with Gasteiger partial charge in [-0.05, 0) is 24.6 Å². The number of Topliss-reactive ketones (excluding diaryl/α,β-unsaturated/α-hetero) is 1. The fourth-order valence-electron chi connectivity index (χ4n) is 3.47. The number of rotatable bonds is 2. The highest BCUT2D eigenvalue weighted by atomic mass is 16.5. The highest BCUT2D eigenvalue weighted by Crippen LogP contribution is 2.43. The molecule has 0 saturated carbocycles. The maximum Gasteiger partial charge on any atom is 0.205 e. The molecule has 1 aliphatic carbocycles. The summed E-state index contributed by atoms with van der Waals surface area (Å²) in [5, 5.41) is 14.0. The van der Waals surface area contributed by atoms with Gasteiger partial charge in [-0.2, -0.15) is 10.4 Å². The normalized spacial score (nSPS) is 20.1. The van der Waals surface area contributed by atoms with Gasteiger partial charge >= 0.3 is 0 Å². The number of nitrogens with two attached hydrogens (primary N) is 1. The third kappa shape index (κ3) is 2.41. The van der Waals surface area contributed by atoms with Crippen LogP contribution in [0.2, 0.25) is 0 Å². The standard InChI is InChI=1S/C19H16N4O2/c20-11-13-17(18-15(24)7-4-8-16(18)25-19(13)21)14-9-10-22-23(14)12-5-2-1-3-6-12/h1-3,5-6,9-10,17H,4,7-8,21H2. The molecule has 6 nitrogen and oxygen atoms in total. The van der Waals surface area contributed by atoms with Crippen LogP contribution >= 0.6 is 0 Å². The lowest BCUT2D eigenvalue weighted by Gasteiger charge is -2.30. The van der Waals surface area contributed by atoms with E-state index >= 15 is 0 Å². The topological polar surface area (TPSA) is 93.9 Å². The van der Waals surface area contributed by atoms with E-state index in [-0.39, 0.29) is 17.2 Å². The molecule has 1 unspecified atom stereocenters. The van der Waals surface area contributed by atoms with Gasteiger partial charge in [-0.15, -0.1) is 0 Å². The average Bonchev–Trinajstić information content (AvgIpc) is 3.11. The average molecular weight is 332 g/mol. The second kappa shape index (κ2) is 5.95. The van der Waals surface area contributed by atoms with E-state index in [4.69, 9.17) is 10.5 Å². The number of nitrogens with zero attached hydrogens (tertiary/aromatic N) is 3. The fourth-order valence-corrected chi connectivity index (χ4v) is 3.47. The number of ether oxygens (including phenoxy) is 1. The molecular weight excluding hydrogens is 316 g/mol. The third-order valence-corrected chi connectivity index (χ3v) is 4.57. The van der Waals surface area contributed by atoms with Crippen LogP contribution in [0, 0.1) is 11.3 Å². The number of allylic oxidation sites excluding steroid dienone is 3. The van der Waals surface area contributed by atoms with Crippen molar-refractivity contribution >= 4 is 5.78 Å². The number of hydrogen-bond donors (Lipinski definition) is 1. The van der Waals surface area contributed by atoms with Gasteiger partial charge in [0.2, 0.25) is 5.88 Å². The SMILES string of the molecule is N#CC1=C(N)OC2=C(C(=O)CCC2)C1c1ccnn1-c1ccccc1. The number of hydrogen-bond acceptors (Lipinski definition) is 5. The van der Waals surface area contributed by atoms with Crippen LogP contribution in [-0.2, 0) is 9.53 Å². The molecule has 6 heteroatoms. The Morgan fingerprint density at radius 3 is 2.80 bits per heavy atom. The summed E-state index contributed by atoms with van der Waals surface area (Å²) in [5.74, 6) is 0.108. The van der Waals surface area contributed by atoms with Gasteiger partial charge in [-0.3, -0.25) is 4.79 Å². The summed E-state index contributed by atoms with van der Waals surface area (Å²) in [6, 6.07) is 13.5. The monoisotopic (exact) mass is 332 g/mol. The number of benzene rings is 1. The zero-order valence-electron chi connectivity index (χ0n) is 13.5. The Kier molecular flexibility index (Phi) is 3.62. The largest absolute Gasteiger partial charge is 0.444 e. The number of aromatic nitrogens is 2. The summed E-state index contributed by atoms with van der Waals surface area (Å²) in [7, 11) is 0. The summed E-state index contributed by atoms with van der Waals surface area (Å²) < 4.78 is 7.35. The van der Waals surface area contributed by atoms with E-state index in [0.29, 0.717) is 24.2 Å². The smallest absolute Gasteiger partial charge is 0.205 e. The number of carbonyl (C=O) groups excluding carboxylic acids is 1. The van der Waals surface area contributed by atoms with Gasteiger partial charge in [0, 0.05) is 24.6 Å². The summed E-state index contributed by atoms with van der Waals surface area (Å²) in [6.07, 6.45) is 3.50. The van der Waals surface area contributed by atoms with Crippen molar-refractivity contribution in [2.24, 2.45) is 5.73 Å². The van der Waals surface area contributed by atoms with E-state index in [1.807, 2.05) is 36.4 Å². The van der Waals surface area contributed by atoms with Gasteiger partial charge in [0.1, 0.15) is 17.4 Å². The van der Waals surface area contributed by atoms with Crippen molar-refractivity contribution in [2.75, 3.05) is 0 Å². The first kappa shape index (κ1) is 15.2. The second-order valence-electron chi connectivity index (χ2n) is 6.04. The molecule has 2 N–H and O–H groups in total. The van der Waals surface area contributed by atoms with Gasteiger partial charge < -0.3 is 10.5 Å². The van der Waals surface area contributed by atoms with Crippen LogP contribution in [0.5, 0.6) is 0 Å². The van der Waals surface area contributed by atoms with Crippen LogP contribution in [0.3, 0.4) is 0 Å². The molecule has 1 atom stereocenters. The van der Waals surface area contributed by atoms with Crippen LogP contribution in [0.1, 0.15) is 30.9 Å². The molecule has 0 fully saturated rings. The maximum atomic E-state index is 12.6. The van der Waals surface area contributed by atoms with Crippen LogP contribution in [0.4, 0.5) is 0 Å².